The van der Waals surface area contributed by atoms with E-state index in [-0.39, 0.29) is 6.04 Å². The smallest absolute Gasteiger partial charge is 0.151 e. The summed E-state index contributed by atoms with van der Waals surface area (Å²) in [4.78, 5) is 2.42. The van der Waals surface area contributed by atoms with Crippen LogP contribution in [0.2, 0.25) is 0 Å². The molecule has 2 unspecified atom stereocenters. The average molecular weight is 246 g/mol. The van der Waals surface area contributed by atoms with Gasteiger partial charge >= 0.3 is 0 Å². The Morgan fingerprint density at radius 1 is 1.25 bits per heavy atom. The van der Waals surface area contributed by atoms with Crippen molar-refractivity contribution in [3.05, 3.63) is 0 Å². The van der Waals surface area contributed by atoms with Gasteiger partial charge in [-0.25, -0.2) is 8.42 Å². The number of sulfone groups is 1. The van der Waals surface area contributed by atoms with E-state index >= 15 is 0 Å². The van der Waals surface area contributed by atoms with E-state index in [1.165, 1.54) is 19.3 Å². The van der Waals surface area contributed by atoms with Crippen molar-refractivity contribution in [1.29, 1.82) is 0 Å². The summed E-state index contributed by atoms with van der Waals surface area (Å²) in [6.07, 6.45) is 5.49. The number of nitrogens with zero attached hydrogens (tertiary/aromatic N) is 1. The monoisotopic (exact) mass is 246 g/mol. The second-order valence-electron chi connectivity index (χ2n) is 5.02. The fourth-order valence-corrected chi connectivity index (χ4v) is 4.79. The van der Waals surface area contributed by atoms with Crippen LogP contribution in [0.5, 0.6) is 0 Å². The summed E-state index contributed by atoms with van der Waals surface area (Å²) in [7, 11) is -2.76. The van der Waals surface area contributed by atoms with Gasteiger partial charge in [-0.1, -0.05) is 6.42 Å². The Balaban J connectivity index is 2.00. The molecule has 0 aliphatic carbocycles. The molecule has 0 aromatic heterocycles. The molecule has 2 atom stereocenters. The van der Waals surface area contributed by atoms with Crippen molar-refractivity contribution in [3.63, 3.8) is 0 Å². The SMILES string of the molecule is NCCC1CCCCN1C1CCS(=O)(=O)C1. The molecule has 2 aliphatic rings. The highest BCUT2D eigenvalue weighted by molar-refractivity contribution is 7.91. The molecule has 94 valence electrons. The Morgan fingerprint density at radius 2 is 2.06 bits per heavy atom. The largest absolute Gasteiger partial charge is 0.330 e. The first-order chi connectivity index (χ1) is 7.62. The minimum atomic E-state index is -2.76. The average Bonchev–Trinajstić information content (AvgIpc) is 2.60. The maximum atomic E-state index is 11.5. The van der Waals surface area contributed by atoms with Crippen molar-refractivity contribution < 1.29 is 8.42 Å². The molecule has 0 amide bonds. The quantitative estimate of drug-likeness (QED) is 0.782. The molecule has 0 aromatic rings. The molecule has 0 radical (unpaired) electrons. The van der Waals surface area contributed by atoms with Crippen LogP contribution in [-0.4, -0.2) is 50.0 Å². The van der Waals surface area contributed by atoms with Crippen LogP contribution in [-0.2, 0) is 9.84 Å². The standard InChI is InChI=1S/C11H22N2O2S/c12-6-4-10-3-1-2-7-13(10)11-5-8-16(14,15)9-11/h10-11H,1-9,12H2. The van der Waals surface area contributed by atoms with Gasteiger partial charge in [0.15, 0.2) is 9.84 Å². The summed E-state index contributed by atoms with van der Waals surface area (Å²) in [6, 6.07) is 0.791. The second-order valence-corrected chi connectivity index (χ2v) is 7.25. The highest BCUT2D eigenvalue weighted by atomic mass is 32.2. The van der Waals surface area contributed by atoms with Crippen molar-refractivity contribution in [2.45, 2.75) is 44.2 Å². The predicted octanol–water partition coefficient (Wildman–Crippen LogP) is 0.377. The van der Waals surface area contributed by atoms with Crippen LogP contribution in [0.25, 0.3) is 0 Å². The predicted molar refractivity (Wildman–Crippen MR) is 65.1 cm³/mol. The number of nitrogens with two attached hydrogens (primary N) is 1. The van der Waals surface area contributed by atoms with Gasteiger partial charge in [0.2, 0.25) is 0 Å². The highest BCUT2D eigenvalue weighted by Gasteiger charge is 2.36. The van der Waals surface area contributed by atoms with Crippen molar-refractivity contribution in [2.24, 2.45) is 5.73 Å². The van der Waals surface area contributed by atoms with Gasteiger partial charge in [0.1, 0.15) is 0 Å². The van der Waals surface area contributed by atoms with Gasteiger partial charge < -0.3 is 5.73 Å². The summed E-state index contributed by atoms with van der Waals surface area (Å²) in [5.74, 6) is 0.748. The van der Waals surface area contributed by atoms with Crippen LogP contribution in [0, 0.1) is 0 Å². The summed E-state index contributed by atoms with van der Waals surface area (Å²) in [6.45, 7) is 1.77. The fourth-order valence-electron chi connectivity index (χ4n) is 3.04. The van der Waals surface area contributed by atoms with Crippen LogP contribution in [0.4, 0.5) is 0 Å². The Kier molecular flexibility index (Phi) is 3.87. The lowest BCUT2D eigenvalue weighted by Crippen LogP contribution is -2.47. The minimum Gasteiger partial charge on any atom is -0.330 e. The normalized spacial score (nSPS) is 35.3. The van der Waals surface area contributed by atoms with Gasteiger partial charge in [0, 0.05) is 12.1 Å². The molecule has 2 rings (SSSR count). The van der Waals surface area contributed by atoms with Gasteiger partial charge in [0.25, 0.3) is 0 Å². The zero-order chi connectivity index (χ0) is 11.6. The molecule has 0 aromatic carbocycles. The van der Waals surface area contributed by atoms with Crippen LogP contribution in [0.1, 0.15) is 32.1 Å². The van der Waals surface area contributed by atoms with E-state index in [4.69, 9.17) is 5.73 Å². The second kappa shape index (κ2) is 5.02. The lowest BCUT2D eigenvalue weighted by Gasteiger charge is -2.39. The number of likely N-dealkylation sites (tertiary alicyclic amines) is 1. The van der Waals surface area contributed by atoms with Crippen LogP contribution in [0.15, 0.2) is 0 Å². The zero-order valence-electron chi connectivity index (χ0n) is 9.77. The molecule has 0 spiro atoms. The van der Waals surface area contributed by atoms with Gasteiger partial charge in [-0.05, 0) is 38.8 Å². The first-order valence-electron chi connectivity index (χ1n) is 6.28. The summed E-state index contributed by atoms with van der Waals surface area (Å²) < 4.78 is 23.0. The maximum Gasteiger partial charge on any atom is 0.151 e. The third-order valence-electron chi connectivity index (χ3n) is 3.85. The van der Waals surface area contributed by atoms with E-state index in [2.05, 4.69) is 4.90 Å². The number of hydrogen-bond donors (Lipinski definition) is 1. The molecule has 2 saturated heterocycles. The first-order valence-corrected chi connectivity index (χ1v) is 8.11. The maximum absolute atomic E-state index is 11.5. The lowest BCUT2D eigenvalue weighted by molar-refractivity contribution is 0.101. The third-order valence-corrected chi connectivity index (χ3v) is 5.60. The third kappa shape index (κ3) is 2.76. The molecule has 2 fully saturated rings. The fraction of sp³-hybridized carbons (Fsp3) is 1.00. The number of rotatable bonds is 3. The first kappa shape index (κ1) is 12.3. The minimum absolute atomic E-state index is 0.266. The van der Waals surface area contributed by atoms with E-state index in [0.29, 0.717) is 24.1 Å². The summed E-state index contributed by atoms with van der Waals surface area (Å²) >= 11 is 0. The van der Waals surface area contributed by atoms with Crippen molar-refractivity contribution in [3.8, 4) is 0 Å². The van der Waals surface area contributed by atoms with Crippen molar-refractivity contribution >= 4 is 9.84 Å². The Morgan fingerprint density at radius 3 is 2.69 bits per heavy atom. The Labute approximate surface area is 98.1 Å². The van der Waals surface area contributed by atoms with Gasteiger partial charge in [-0.3, -0.25) is 4.90 Å². The van der Waals surface area contributed by atoms with Crippen molar-refractivity contribution in [2.75, 3.05) is 24.6 Å². The van der Waals surface area contributed by atoms with Gasteiger partial charge in [0.05, 0.1) is 11.5 Å². The molecule has 2 heterocycles. The van der Waals surface area contributed by atoms with Crippen LogP contribution >= 0.6 is 0 Å². The Hall–Kier alpha value is -0.130. The number of piperidine rings is 1. The van der Waals surface area contributed by atoms with E-state index in [1.54, 1.807) is 0 Å². The van der Waals surface area contributed by atoms with Crippen LogP contribution in [0.3, 0.4) is 0 Å². The molecule has 2 N–H and O–H groups in total. The lowest BCUT2D eigenvalue weighted by atomic mass is 9.97. The molecular formula is C11H22N2O2S. The molecule has 2 aliphatic heterocycles. The van der Waals surface area contributed by atoms with E-state index < -0.39 is 9.84 Å². The summed E-state index contributed by atoms with van der Waals surface area (Å²) in [5, 5.41) is 0. The topological polar surface area (TPSA) is 63.4 Å². The van der Waals surface area contributed by atoms with E-state index in [1.807, 2.05) is 0 Å². The molecular weight excluding hydrogens is 224 g/mol. The summed E-state index contributed by atoms with van der Waals surface area (Å²) in [5.41, 5.74) is 5.63. The van der Waals surface area contributed by atoms with E-state index in [9.17, 15) is 8.42 Å². The van der Waals surface area contributed by atoms with E-state index in [0.717, 1.165) is 19.4 Å². The number of hydrogen-bond acceptors (Lipinski definition) is 4. The molecule has 0 saturated carbocycles. The molecule has 0 bridgehead atoms. The van der Waals surface area contributed by atoms with Crippen LogP contribution < -0.4 is 5.73 Å². The van der Waals surface area contributed by atoms with Gasteiger partial charge in [-0.2, -0.15) is 0 Å². The highest BCUT2D eigenvalue weighted by Crippen LogP contribution is 2.27. The molecule has 16 heavy (non-hydrogen) atoms. The van der Waals surface area contributed by atoms with Crippen molar-refractivity contribution in [1.82, 2.24) is 4.90 Å². The zero-order valence-corrected chi connectivity index (χ0v) is 10.6. The Bertz CT molecular complexity index is 327. The van der Waals surface area contributed by atoms with Gasteiger partial charge in [-0.15, -0.1) is 0 Å². The molecule has 5 heteroatoms. The molecule has 4 nitrogen and oxygen atoms in total.